The van der Waals surface area contributed by atoms with Crippen LogP contribution >= 0.6 is 0 Å². The number of rotatable bonds is 3. The summed E-state index contributed by atoms with van der Waals surface area (Å²) in [5, 5.41) is 11.2. The topological polar surface area (TPSA) is 89.4 Å². The van der Waals surface area contributed by atoms with Crippen molar-refractivity contribution >= 4 is 39.0 Å². The molecular formula is C30H22FIrN2O4-. The normalized spacial score (nSPS) is 11.3. The second kappa shape index (κ2) is 11.1. The molecule has 0 saturated carbocycles. The van der Waals surface area contributed by atoms with Crippen LogP contribution in [0.2, 0.25) is 0 Å². The van der Waals surface area contributed by atoms with Crippen LogP contribution < -0.4 is 0 Å². The Labute approximate surface area is 231 Å². The Morgan fingerprint density at radius 3 is 2.39 bits per heavy atom. The van der Waals surface area contributed by atoms with Crippen molar-refractivity contribution in [3.63, 3.8) is 0 Å². The first-order valence-electron chi connectivity index (χ1n) is 11.5. The van der Waals surface area contributed by atoms with Gasteiger partial charge in [0.2, 0.25) is 11.4 Å². The Morgan fingerprint density at radius 2 is 1.71 bits per heavy atom. The van der Waals surface area contributed by atoms with Gasteiger partial charge in [0, 0.05) is 48.2 Å². The van der Waals surface area contributed by atoms with Crippen LogP contribution in [0.25, 0.3) is 55.7 Å². The first-order chi connectivity index (χ1) is 17.8. The van der Waals surface area contributed by atoms with E-state index in [2.05, 4.69) is 11.1 Å². The Kier molecular flexibility index (Phi) is 7.86. The number of aromatic nitrogens is 2. The van der Waals surface area contributed by atoms with Crippen LogP contribution in [0.3, 0.4) is 0 Å². The van der Waals surface area contributed by atoms with Crippen molar-refractivity contribution in [2.75, 3.05) is 0 Å². The van der Waals surface area contributed by atoms with Crippen LogP contribution in [0.4, 0.5) is 4.39 Å². The first-order valence-corrected chi connectivity index (χ1v) is 11.5. The van der Waals surface area contributed by atoms with Crippen LogP contribution in [-0.4, -0.2) is 20.9 Å². The number of ketones is 1. The minimum atomic E-state index is -0.283. The Bertz CT molecular complexity index is 1800. The molecule has 0 atom stereocenters. The molecule has 0 bridgehead atoms. The molecule has 4 aromatic heterocycles. The van der Waals surface area contributed by atoms with Crippen molar-refractivity contribution in [3.05, 3.63) is 96.1 Å². The van der Waals surface area contributed by atoms with Gasteiger partial charge < -0.3 is 13.9 Å². The fraction of sp³-hybridized carbons (Fsp3) is 0.100. The van der Waals surface area contributed by atoms with Gasteiger partial charge in [-0.25, -0.2) is 9.37 Å². The molecule has 0 saturated heterocycles. The van der Waals surface area contributed by atoms with Crippen molar-refractivity contribution in [1.82, 2.24) is 9.97 Å². The van der Waals surface area contributed by atoms with Gasteiger partial charge in [-0.3, -0.25) is 9.78 Å². The maximum Gasteiger partial charge on any atom is 0.217 e. The molecule has 0 spiro atoms. The SMILES string of the molecule is CC(=O)/C=C(/C)O.Cc1ccc2c(n1)oc1c(-c3ccc4cc(-c5ccc(F)cc5)oc4n3)[c-]ccc12.[Ir]. The van der Waals surface area contributed by atoms with Gasteiger partial charge >= 0.3 is 0 Å². The van der Waals surface area contributed by atoms with Crippen LogP contribution in [-0.2, 0) is 24.9 Å². The number of halogens is 1. The number of hydrogen-bond donors (Lipinski definition) is 1. The quantitative estimate of drug-likeness (QED) is 0.117. The van der Waals surface area contributed by atoms with Crippen molar-refractivity contribution in [1.29, 1.82) is 0 Å². The number of aryl methyl sites for hydroxylation is 1. The second-order valence-electron chi connectivity index (χ2n) is 8.61. The summed E-state index contributed by atoms with van der Waals surface area (Å²) in [6.07, 6.45) is 1.17. The molecule has 1 radical (unpaired) electrons. The van der Waals surface area contributed by atoms with Gasteiger partial charge in [0.05, 0.1) is 11.3 Å². The van der Waals surface area contributed by atoms with Gasteiger partial charge in [-0.1, -0.05) is 23.1 Å². The van der Waals surface area contributed by atoms with Gasteiger partial charge in [-0.05, 0) is 68.9 Å². The second-order valence-corrected chi connectivity index (χ2v) is 8.61. The number of allylic oxidation sites excluding steroid dienone is 2. The van der Waals surface area contributed by atoms with Crippen LogP contribution in [0.5, 0.6) is 0 Å². The van der Waals surface area contributed by atoms with E-state index in [1.54, 1.807) is 12.1 Å². The molecule has 4 heterocycles. The fourth-order valence-corrected chi connectivity index (χ4v) is 4.01. The number of fused-ring (bicyclic) bond motifs is 4. The van der Waals surface area contributed by atoms with Gasteiger partial charge in [-0.15, -0.1) is 18.2 Å². The largest absolute Gasteiger partial charge is 0.512 e. The van der Waals surface area contributed by atoms with E-state index >= 15 is 0 Å². The molecule has 0 aliphatic heterocycles. The zero-order valence-electron chi connectivity index (χ0n) is 20.7. The molecule has 0 unspecified atom stereocenters. The number of benzene rings is 2. The molecule has 6 aromatic rings. The Hall–Kier alpha value is -4.13. The standard InChI is InChI=1S/C25H14FN2O2.C5H8O2.Ir/c1-14-5-11-19-18-3-2-4-20(23(18)30-25(19)27-14)21-12-8-16-13-22(29-24(16)28-21)15-6-9-17(26)10-7-15;1-4(6)3-5(2)7;/h2-3,5-13H,1H3;3,6H,1-2H3;/q-1;;/b;4-3-;. The molecule has 1 N–H and O–H groups in total. The summed E-state index contributed by atoms with van der Waals surface area (Å²) in [5.41, 5.74) is 4.95. The third kappa shape index (κ3) is 5.57. The number of carbonyl (C=O) groups is 1. The molecule has 2 aromatic carbocycles. The monoisotopic (exact) mass is 686 g/mol. The van der Waals surface area contributed by atoms with E-state index in [-0.39, 0.29) is 37.5 Å². The maximum atomic E-state index is 13.2. The molecule has 38 heavy (non-hydrogen) atoms. The number of nitrogens with zero attached hydrogens (tertiary/aromatic N) is 2. The van der Waals surface area contributed by atoms with Crippen molar-refractivity contribution in [2.24, 2.45) is 0 Å². The molecule has 8 heteroatoms. The van der Waals surface area contributed by atoms with E-state index < -0.39 is 0 Å². The summed E-state index contributed by atoms with van der Waals surface area (Å²) in [7, 11) is 0. The summed E-state index contributed by atoms with van der Waals surface area (Å²) in [4.78, 5) is 19.2. The van der Waals surface area contributed by atoms with Gasteiger partial charge in [0.15, 0.2) is 5.78 Å². The first kappa shape index (κ1) is 26.9. The number of hydrogen-bond acceptors (Lipinski definition) is 6. The number of pyridine rings is 2. The molecule has 193 valence electrons. The predicted molar refractivity (Wildman–Crippen MR) is 141 cm³/mol. The third-order valence-electron chi connectivity index (χ3n) is 5.62. The summed E-state index contributed by atoms with van der Waals surface area (Å²) in [5.74, 6) is 0.294. The van der Waals surface area contributed by atoms with Gasteiger partial charge in [-0.2, -0.15) is 0 Å². The fourth-order valence-electron chi connectivity index (χ4n) is 4.01. The minimum absolute atomic E-state index is 0. The van der Waals surface area contributed by atoms with E-state index in [4.69, 9.17) is 18.9 Å². The average molecular weight is 686 g/mol. The zero-order valence-corrected chi connectivity index (χ0v) is 23.1. The van der Waals surface area contributed by atoms with Gasteiger partial charge in [0.25, 0.3) is 0 Å². The number of carbonyl (C=O) groups excluding carboxylic acids is 1. The predicted octanol–water partition coefficient (Wildman–Crippen LogP) is 7.74. The minimum Gasteiger partial charge on any atom is -0.512 e. The molecular weight excluding hydrogens is 664 g/mol. The summed E-state index contributed by atoms with van der Waals surface area (Å²) >= 11 is 0. The molecule has 0 aliphatic rings. The molecule has 0 amide bonds. The van der Waals surface area contributed by atoms with Crippen LogP contribution in [0, 0.1) is 18.8 Å². The van der Waals surface area contributed by atoms with Crippen LogP contribution in [0.1, 0.15) is 19.5 Å². The molecule has 6 rings (SSSR count). The Balaban J connectivity index is 0.000000375. The van der Waals surface area contributed by atoms with E-state index in [1.807, 2.05) is 49.4 Å². The number of aliphatic hydroxyl groups excluding tert-OH is 1. The summed E-state index contributed by atoms with van der Waals surface area (Å²) in [6.45, 7) is 4.78. The molecule has 6 nitrogen and oxygen atoms in total. The summed E-state index contributed by atoms with van der Waals surface area (Å²) in [6, 6.07) is 23.0. The maximum absolute atomic E-state index is 13.2. The molecule has 0 fully saturated rings. The Morgan fingerprint density at radius 1 is 0.947 bits per heavy atom. The van der Waals surface area contributed by atoms with Crippen molar-refractivity contribution < 1.29 is 43.2 Å². The molecule has 0 aliphatic carbocycles. The van der Waals surface area contributed by atoms with E-state index in [0.29, 0.717) is 28.5 Å². The summed E-state index contributed by atoms with van der Waals surface area (Å²) < 4.78 is 25.2. The van der Waals surface area contributed by atoms with Crippen molar-refractivity contribution in [2.45, 2.75) is 20.8 Å². The van der Waals surface area contributed by atoms with Crippen molar-refractivity contribution in [3.8, 4) is 22.6 Å². The van der Waals surface area contributed by atoms with E-state index in [0.717, 1.165) is 33.0 Å². The number of furan rings is 2. The van der Waals surface area contributed by atoms with Gasteiger partial charge in [0.1, 0.15) is 11.6 Å². The number of aliphatic hydroxyl groups is 1. The third-order valence-corrected chi connectivity index (χ3v) is 5.62. The van der Waals surface area contributed by atoms with Crippen LogP contribution in [0.15, 0.2) is 87.4 Å². The zero-order chi connectivity index (χ0) is 26.1. The van der Waals surface area contributed by atoms with E-state index in [9.17, 15) is 9.18 Å². The smallest absolute Gasteiger partial charge is 0.217 e. The van der Waals surface area contributed by atoms with E-state index in [1.165, 1.54) is 32.1 Å². The average Bonchev–Trinajstić information content (AvgIpc) is 3.44.